The molecule has 10 heavy (non-hydrogen) atoms. The van der Waals surface area contributed by atoms with E-state index in [1.807, 2.05) is 25.1 Å². The summed E-state index contributed by atoms with van der Waals surface area (Å²) in [7, 11) is 0. The first kappa shape index (κ1) is 7.82. The van der Waals surface area contributed by atoms with Gasteiger partial charge in [-0.15, -0.1) is 0 Å². The Bertz CT molecular complexity index is 174. The van der Waals surface area contributed by atoms with E-state index in [4.69, 9.17) is 3.79 Å². The Hall–Kier alpha value is -0.288. The molecule has 0 spiro atoms. The molecule has 0 aliphatic carbocycles. The van der Waals surface area contributed by atoms with E-state index < -0.39 is 0 Å². The maximum atomic E-state index is 5.30. The second kappa shape index (κ2) is 4.52. The van der Waals surface area contributed by atoms with Crippen LogP contribution in [0.4, 0.5) is 0 Å². The molecule has 0 amide bonds. The fraction of sp³-hybridized carbons (Fsp3) is 0.250. The van der Waals surface area contributed by atoms with Crippen molar-refractivity contribution in [3.63, 3.8) is 0 Å². The maximum absolute atomic E-state index is 5.30. The molecule has 1 aromatic carbocycles. The van der Waals surface area contributed by atoms with Crippen molar-refractivity contribution in [2.75, 3.05) is 6.61 Å². The van der Waals surface area contributed by atoms with Gasteiger partial charge in [-0.2, -0.15) is 0 Å². The van der Waals surface area contributed by atoms with Crippen molar-refractivity contribution in [1.29, 1.82) is 0 Å². The molecule has 0 aromatic heterocycles. The summed E-state index contributed by atoms with van der Waals surface area (Å²) < 4.78 is 6.63. The third kappa shape index (κ3) is 2.53. The summed E-state index contributed by atoms with van der Waals surface area (Å²) in [5.41, 5.74) is 0. The van der Waals surface area contributed by atoms with Gasteiger partial charge in [0.15, 0.2) is 0 Å². The van der Waals surface area contributed by atoms with Gasteiger partial charge in [0.1, 0.15) is 0 Å². The SMILES string of the molecule is CC[O][Al+][c]1ccccc1. The summed E-state index contributed by atoms with van der Waals surface area (Å²) in [6.45, 7) is 2.85. The Kier molecular flexibility index (Phi) is 3.53. The summed E-state index contributed by atoms with van der Waals surface area (Å²) in [6.07, 6.45) is 0. The minimum absolute atomic E-state index is 0.0465. The minimum atomic E-state index is 0.0465. The van der Waals surface area contributed by atoms with Crippen LogP contribution in [-0.2, 0) is 3.79 Å². The predicted octanol–water partition coefficient (Wildman–Crippen LogP) is 0.968. The Balaban J connectivity index is 2.43. The number of rotatable bonds is 3. The zero-order valence-corrected chi connectivity index (χ0v) is 7.23. The molecular formula is C8H10AlO+. The second-order valence-corrected chi connectivity index (χ2v) is 3.22. The zero-order chi connectivity index (χ0) is 7.23. The van der Waals surface area contributed by atoms with Gasteiger partial charge in [0, 0.05) is 0 Å². The predicted molar refractivity (Wildman–Crippen MR) is 43.5 cm³/mol. The fourth-order valence-corrected chi connectivity index (χ4v) is 1.45. The van der Waals surface area contributed by atoms with Gasteiger partial charge in [0.05, 0.1) is 0 Å². The topological polar surface area (TPSA) is 9.23 Å². The van der Waals surface area contributed by atoms with Gasteiger partial charge in [-0.05, 0) is 0 Å². The molecule has 0 aliphatic heterocycles. The first-order valence-electron chi connectivity index (χ1n) is 3.43. The van der Waals surface area contributed by atoms with E-state index in [0.29, 0.717) is 0 Å². The molecule has 0 radical (unpaired) electrons. The summed E-state index contributed by atoms with van der Waals surface area (Å²) in [5, 5.41) is 0. The van der Waals surface area contributed by atoms with Crippen molar-refractivity contribution in [2.24, 2.45) is 0 Å². The number of hydrogen-bond donors (Lipinski definition) is 0. The molecule has 0 bridgehead atoms. The monoisotopic (exact) mass is 149 g/mol. The molecule has 0 heterocycles. The van der Waals surface area contributed by atoms with Gasteiger partial charge in [0.2, 0.25) is 0 Å². The Morgan fingerprint density at radius 2 is 2.00 bits per heavy atom. The number of benzene rings is 1. The average molecular weight is 149 g/mol. The van der Waals surface area contributed by atoms with Crippen LogP contribution in [0.25, 0.3) is 0 Å². The Morgan fingerprint density at radius 1 is 1.30 bits per heavy atom. The first-order chi connectivity index (χ1) is 4.93. The summed E-state index contributed by atoms with van der Waals surface area (Å²) in [4.78, 5) is 0. The second-order valence-electron chi connectivity index (χ2n) is 1.98. The molecule has 2 heteroatoms. The van der Waals surface area contributed by atoms with Crippen LogP contribution in [0.5, 0.6) is 0 Å². The van der Waals surface area contributed by atoms with Gasteiger partial charge in [0.25, 0.3) is 0 Å². The van der Waals surface area contributed by atoms with Crippen molar-refractivity contribution in [3.05, 3.63) is 30.3 Å². The van der Waals surface area contributed by atoms with Crippen LogP contribution in [0.3, 0.4) is 0 Å². The van der Waals surface area contributed by atoms with Crippen LogP contribution in [-0.4, -0.2) is 22.2 Å². The summed E-state index contributed by atoms with van der Waals surface area (Å²) >= 11 is 0.0465. The Morgan fingerprint density at radius 3 is 2.60 bits per heavy atom. The van der Waals surface area contributed by atoms with Gasteiger partial charge in [-0.3, -0.25) is 0 Å². The average Bonchev–Trinajstić information content (AvgIpc) is 2.03. The molecule has 50 valence electrons. The number of hydrogen-bond acceptors (Lipinski definition) is 1. The molecule has 0 unspecified atom stereocenters. The molecular weight excluding hydrogens is 139 g/mol. The normalized spacial score (nSPS) is 8.90. The van der Waals surface area contributed by atoms with E-state index in [-0.39, 0.29) is 15.6 Å². The van der Waals surface area contributed by atoms with E-state index in [2.05, 4.69) is 12.1 Å². The van der Waals surface area contributed by atoms with Crippen LogP contribution >= 0.6 is 0 Å². The van der Waals surface area contributed by atoms with Crippen molar-refractivity contribution < 1.29 is 3.79 Å². The molecule has 0 saturated carbocycles. The van der Waals surface area contributed by atoms with Crippen LogP contribution < -0.4 is 4.43 Å². The van der Waals surface area contributed by atoms with Gasteiger partial charge < -0.3 is 0 Å². The fourth-order valence-electron chi connectivity index (χ4n) is 0.711. The quantitative estimate of drug-likeness (QED) is 0.582. The molecule has 0 atom stereocenters. The van der Waals surface area contributed by atoms with E-state index in [1.54, 1.807) is 0 Å². The molecule has 1 rings (SSSR count). The first-order valence-corrected chi connectivity index (χ1v) is 4.48. The van der Waals surface area contributed by atoms with Crippen molar-refractivity contribution in [2.45, 2.75) is 6.92 Å². The molecule has 0 aliphatic rings. The molecule has 0 N–H and O–H groups in total. The summed E-state index contributed by atoms with van der Waals surface area (Å²) in [6, 6.07) is 10.3. The molecule has 1 nitrogen and oxygen atoms in total. The third-order valence-electron chi connectivity index (χ3n) is 1.19. The Labute approximate surface area is 68.1 Å². The van der Waals surface area contributed by atoms with Crippen LogP contribution in [0.15, 0.2) is 30.3 Å². The third-order valence-corrected chi connectivity index (χ3v) is 2.34. The zero-order valence-electron chi connectivity index (χ0n) is 6.08. The van der Waals surface area contributed by atoms with Crippen molar-refractivity contribution in [3.8, 4) is 0 Å². The summed E-state index contributed by atoms with van der Waals surface area (Å²) in [5.74, 6) is 0. The van der Waals surface area contributed by atoms with Gasteiger partial charge in [-0.1, -0.05) is 0 Å². The van der Waals surface area contributed by atoms with Crippen LogP contribution in [0.1, 0.15) is 6.92 Å². The standard InChI is InChI=1S/C6H5.C2H5O.Al/c1-2-4-6-5-3-1;1-2-3;/h1-5H;2H2,1H3;/q;-1;+2. The van der Waals surface area contributed by atoms with Crippen LogP contribution in [0, 0.1) is 0 Å². The van der Waals surface area contributed by atoms with E-state index in [0.717, 1.165) is 6.61 Å². The van der Waals surface area contributed by atoms with Crippen molar-refractivity contribution in [1.82, 2.24) is 0 Å². The molecule has 1 aromatic rings. The van der Waals surface area contributed by atoms with E-state index in [1.165, 1.54) is 4.43 Å². The van der Waals surface area contributed by atoms with Crippen LogP contribution in [0.2, 0.25) is 0 Å². The molecule has 0 fully saturated rings. The molecule has 0 saturated heterocycles. The van der Waals surface area contributed by atoms with E-state index >= 15 is 0 Å². The van der Waals surface area contributed by atoms with Gasteiger partial charge >= 0.3 is 67.6 Å². The van der Waals surface area contributed by atoms with Gasteiger partial charge in [-0.25, -0.2) is 0 Å². The van der Waals surface area contributed by atoms with E-state index in [9.17, 15) is 0 Å². The van der Waals surface area contributed by atoms with Crippen molar-refractivity contribution >= 4 is 20.0 Å².